The standard InChI is InChI=1S/C35H45F3N2O6S/c1-33(2,3)27-29(31(41)39-47(43,44)34(4)18-19-34)40(32(42)23-14-10-7-11-15-23)28(22-12-8-6-9-13-22)30(27)46-21-24-20-25(35(36,37)38)16-17-26(24)45-5/h6,8-9,12-13,16-17,20,23,27-30H,7,10-11,14-15,18-19,21H2,1-5H3,(H,39,41)/t27-,28+,29+,30+/m1/s1. The molecule has 2 aromatic carbocycles. The maximum Gasteiger partial charge on any atom is 0.416 e. The fourth-order valence-corrected chi connectivity index (χ4v) is 8.45. The number of amides is 2. The molecule has 47 heavy (non-hydrogen) atoms. The van der Waals surface area contributed by atoms with Crippen molar-refractivity contribution in [3.8, 4) is 5.75 Å². The molecule has 0 aromatic heterocycles. The second kappa shape index (κ2) is 13.1. The summed E-state index contributed by atoms with van der Waals surface area (Å²) < 4.78 is 81.1. The van der Waals surface area contributed by atoms with Gasteiger partial charge in [0, 0.05) is 17.4 Å². The maximum atomic E-state index is 14.6. The molecule has 4 atom stereocenters. The Morgan fingerprint density at radius 3 is 2.19 bits per heavy atom. The quantitative estimate of drug-likeness (QED) is 0.314. The largest absolute Gasteiger partial charge is 0.496 e. The third-order valence-corrected chi connectivity index (χ3v) is 12.3. The lowest BCUT2D eigenvalue weighted by molar-refractivity contribution is -0.145. The summed E-state index contributed by atoms with van der Waals surface area (Å²) >= 11 is 0. The van der Waals surface area contributed by atoms with Crippen LogP contribution in [-0.4, -0.2) is 49.1 Å². The highest BCUT2D eigenvalue weighted by atomic mass is 32.2. The number of halogens is 3. The number of carbonyl (C=O) groups is 2. The Labute approximate surface area is 275 Å². The summed E-state index contributed by atoms with van der Waals surface area (Å²) in [6.45, 7) is 6.97. The first-order valence-corrected chi connectivity index (χ1v) is 17.8. The van der Waals surface area contributed by atoms with E-state index in [1.165, 1.54) is 18.1 Å². The topological polar surface area (TPSA) is 102 Å². The van der Waals surface area contributed by atoms with E-state index in [1.54, 1.807) is 6.92 Å². The van der Waals surface area contributed by atoms with Gasteiger partial charge in [-0.15, -0.1) is 0 Å². The van der Waals surface area contributed by atoms with E-state index in [9.17, 15) is 31.2 Å². The number of nitrogens with one attached hydrogen (secondary N) is 1. The number of rotatable bonds is 9. The fraction of sp³-hybridized carbons (Fsp3) is 0.600. The predicted molar refractivity (Wildman–Crippen MR) is 171 cm³/mol. The molecule has 1 saturated heterocycles. The Morgan fingerprint density at radius 2 is 1.64 bits per heavy atom. The smallest absolute Gasteiger partial charge is 0.416 e. The summed E-state index contributed by atoms with van der Waals surface area (Å²) in [7, 11) is -2.69. The average molecular weight is 679 g/mol. The molecular formula is C35H45F3N2O6S. The summed E-state index contributed by atoms with van der Waals surface area (Å²) in [5.74, 6) is -1.94. The van der Waals surface area contributed by atoms with Crippen molar-refractivity contribution in [3.63, 3.8) is 0 Å². The van der Waals surface area contributed by atoms with Crippen molar-refractivity contribution in [2.24, 2.45) is 17.3 Å². The number of hydrogen-bond donors (Lipinski definition) is 1. The number of methoxy groups -OCH3 is 1. The van der Waals surface area contributed by atoms with Gasteiger partial charge in [-0.1, -0.05) is 70.4 Å². The van der Waals surface area contributed by atoms with Crippen molar-refractivity contribution in [1.29, 1.82) is 0 Å². The summed E-state index contributed by atoms with van der Waals surface area (Å²) in [5.41, 5.74) is -0.740. The van der Waals surface area contributed by atoms with Gasteiger partial charge in [-0.3, -0.25) is 14.3 Å². The molecule has 8 nitrogen and oxygen atoms in total. The summed E-state index contributed by atoms with van der Waals surface area (Å²) in [4.78, 5) is 30.5. The van der Waals surface area contributed by atoms with Crippen molar-refractivity contribution < 1.29 is 40.7 Å². The maximum absolute atomic E-state index is 14.6. The van der Waals surface area contributed by atoms with Crippen LogP contribution in [0.4, 0.5) is 13.2 Å². The number of ether oxygens (including phenoxy) is 2. The first-order valence-electron chi connectivity index (χ1n) is 16.3. The lowest BCUT2D eigenvalue weighted by atomic mass is 9.73. The number of hydrogen-bond acceptors (Lipinski definition) is 6. The summed E-state index contributed by atoms with van der Waals surface area (Å²) in [6, 6.07) is 10.2. The monoisotopic (exact) mass is 678 g/mol. The third kappa shape index (κ3) is 7.18. The zero-order valence-electron chi connectivity index (χ0n) is 27.6. The van der Waals surface area contributed by atoms with E-state index in [0.717, 1.165) is 31.4 Å². The van der Waals surface area contributed by atoms with Gasteiger partial charge in [-0.2, -0.15) is 13.2 Å². The highest BCUT2D eigenvalue weighted by Gasteiger charge is 2.60. The lowest BCUT2D eigenvalue weighted by Crippen LogP contribution is -2.55. The molecule has 258 valence electrons. The molecule has 2 aliphatic carbocycles. The van der Waals surface area contributed by atoms with Crippen molar-refractivity contribution in [2.75, 3.05) is 7.11 Å². The van der Waals surface area contributed by atoms with E-state index in [-0.39, 0.29) is 29.7 Å². The number of carbonyl (C=O) groups excluding carboxylic acids is 2. The van der Waals surface area contributed by atoms with Crippen molar-refractivity contribution in [2.45, 2.75) is 108 Å². The minimum Gasteiger partial charge on any atom is -0.496 e. The first-order chi connectivity index (χ1) is 22.0. The molecule has 1 aliphatic heterocycles. The van der Waals surface area contributed by atoms with Crippen LogP contribution in [0.25, 0.3) is 0 Å². The van der Waals surface area contributed by atoms with Crippen LogP contribution in [0.2, 0.25) is 0 Å². The van der Waals surface area contributed by atoms with Gasteiger partial charge in [-0.25, -0.2) is 8.42 Å². The van der Waals surface area contributed by atoms with Crippen LogP contribution < -0.4 is 9.46 Å². The molecule has 3 fully saturated rings. The average Bonchev–Trinajstić information content (AvgIpc) is 3.68. The van der Waals surface area contributed by atoms with Gasteiger partial charge in [0.2, 0.25) is 15.9 Å². The van der Waals surface area contributed by atoms with Crippen LogP contribution in [0.5, 0.6) is 5.75 Å². The number of benzene rings is 2. The molecule has 0 bridgehead atoms. The second-order valence-electron chi connectivity index (χ2n) is 14.5. The van der Waals surface area contributed by atoms with Gasteiger partial charge >= 0.3 is 6.18 Å². The summed E-state index contributed by atoms with van der Waals surface area (Å²) in [5, 5.41) is 0. The highest BCUT2D eigenvalue weighted by Crippen LogP contribution is 2.51. The molecule has 2 aromatic rings. The van der Waals surface area contributed by atoms with E-state index >= 15 is 0 Å². The van der Waals surface area contributed by atoms with Gasteiger partial charge < -0.3 is 14.4 Å². The van der Waals surface area contributed by atoms with E-state index in [0.29, 0.717) is 31.2 Å². The Hall–Kier alpha value is -3.12. The zero-order chi connectivity index (χ0) is 34.4. The van der Waals surface area contributed by atoms with Crippen molar-refractivity contribution in [1.82, 2.24) is 9.62 Å². The molecule has 0 spiro atoms. The van der Waals surface area contributed by atoms with Crippen molar-refractivity contribution >= 4 is 21.8 Å². The molecule has 1 N–H and O–H groups in total. The summed E-state index contributed by atoms with van der Waals surface area (Å²) in [6.07, 6.45) is -0.616. The molecule has 2 amide bonds. The second-order valence-corrected chi connectivity index (χ2v) is 16.7. The van der Waals surface area contributed by atoms with Crippen LogP contribution in [-0.2, 0) is 37.1 Å². The molecule has 1 heterocycles. The number of likely N-dealkylation sites (tertiary alicyclic amines) is 1. The number of sulfonamides is 1. The predicted octanol–water partition coefficient (Wildman–Crippen LogP) is 6.79. The van der Waals surface area contributed by atoms with Gasteiger partial charge in [0.1, 0.15) is 11.8 Å². The van der Waals surface area contributed by atoms with Crippen LogP contribution in [0.15, 0.2) is 48.5 Å². The van der Waals surface area contributed by atoms with Crippen LogP contribution in [0, 0.1) is 17.3 Å². The third-order valence-electron chi connectivity index (χ3n) is 10.1. The zero-order valence-corrected chi connectivity index (χ0v) is 28.4. The van der Waals surface area contributed by atoms with Gasteiger partial charge in [0.15, 0.2) is 0 Å². The molecule has 3 aliphatic rings. The number of nitrogens with zero attached hydrogens (tertiary/aromatic N) is 1. The Kier molecular flexibility index (Phi) is 9.78. The highest BCUT2D eigenvalue weighted by molar-refractivity contribution is 7.91. The minimum atomic E-state index is -4.59. The Balaban J connectivity index is 1.63. The molecule has 0 unspecified atom stereocenters. The minimum absolute atomic E-state index is 0.157. The van der Waals surface area contributed by atoms with Gasteiger partial charge in [0.05, 0.1) is 36.2 Å². The van der Waals surface area contributed by atoms with E-state index in [1.807, 2.05) is 51.1 Å². The lowest BCUT2D eigenvalue weighted by Gasteiger charge is -2.37. The Bertz CT molecular complexity index is 1560. The SMILES string of the molecule is COc1ccc(C(F)(F)F)cc1CO[C@H]1[C@H](C(C)(C)C)[C@@H](C(=O)NS(=O)(=O)C2(C)CC2)N(C(=O)C2CCCCC2)[C@H]1c1ccccc1. The van der Waals surface area contributed by atoms with E-state index in [4.69, 9.17) is 9.47 Å². The van der Waals surface area contributed by atoms with Crippen molar-refractivity contribution in [3.05, 3.63) is 65.2 Å². The molecular weight excluding hydrogens is 633 g/mol. The van der Waals surface area contributed by atoms with Crippen LogP contribution >= 0.6 is 0 Å². The first kappa shape index (κ1) is 35.2. The van der Waals surface area contributed by atoms with Crippen LogP contribution in [0.3, 0.4) is 0 Å². The molecule has 0 radical (unpaired) electrons. The molecule has 12 heteroatoms. The van der Waals surface area contributed by atoms with Gasteiger partial charge in [0.25, 0.3) is 5.91 Å². The van der Waals surface area contributed by atoms with E-state index in [2.05, 4.69) is 4.72 Å². The Morgan fingerprint density at radius 1 is 1.00 bits per heavy atom. The molecule has 5 rings (SSSR count). The van der Waals surface area contributed by atoms with Gasteiger partial charge in [-0.05, 0) is 61.8 Å². The number of alkyl halides is 3. The normalized spacial score (nSPS) is 25.0. The van der Waals surface area contributed by atoms with Crippen LogP contribution in [0.1, 0.15) is 95.4 Å². The fourth-order valence-electron chi connectivity index (χ4n) is 7.18. The van der Waals surface area contributed by atoms with E-state index < -0.39 is 61.9 Å². The molecule has 2 saturated carbocycles.